The predicted molar refractivity (Wildman–Crippen MR) is 72.9 cm³/mol. The maximum atomic E-state index is 13.6. The summed E-state index contributed by atoms with van der Waals surface area (Å²) in [4.78, 5) is 16.9. The molecule has 0 aliphatic carbocycles. The third kappa shape index (κ3) is 3.53. The van der Waals surface area contributed by atoms with E-state index in [1.807, 2.05) is 0 Å². The van der Waals surface area contributed by atoms with E-state index in [0.717, 1.165) is 6.07 Å². The van der Waals surface area contributed by atoms with Gasteiger partial charge in [0.05, 0.1) is 7.11 Å². The molecule has 0 unspecified atom stereocenters. The number of halogens is 2. The van der Waals surface area contributed by atoms with Crippen LogP contribution in [0.5, 0.6) is 5.75 Å². The minimum atomic E-state index is -0.718. The Balaban J connectivity index is 2.12. The number of aromatic nitrogens is 1. The molecule has 110 valence electrons. The first-order valence-corrected chi connectivity index (χ1v) is 6.20. The fourth-order valence-electron chi connectivity index (χ4n) is 1.91. The highest BCUT2D eigenvalue weighted by molar-refractivity contribution is 5.93. The van der Waals surface area contributed by atoms with Crippen molar-refractivity contribution in [2.45, 2.75) is 6.54 Å². The van der Waals surface area contributed by atoms with Crippen LogP contribution in [0.2, 0.25) is 0 Å². The quantitative estimate of drug-likeness (QED) is 0.814. The summed E-state index contributed by atoms with van der Waals surface area (Å²) in [6.45, 7) is 0.198. The van der Waals surface area contributed by atoms with Crippen LogP contribution in [0.4, 0.5) is 8.78 Å². The molecular weight excluding hydrogens is 278 g/mol. The lowest BCUT2D eigenvalue weighted by Gasteiger charge is -2.17. The first-order valence-electron chi connectivity index (χ1n) is 6.20. The van der Waals surface area contributed by atoms with Crippen molar-refractivity contribution < 1.29 is 18.3 Å². The Morgan fingerprint density at radius 3 is 2.67 bits per heavy atom. The molecule has 4 nitrogen and oxygen atoms in total. The Bertz CT molecular complexity index is 662. The average Bonchev–Trinajstić information content (AvgIpc) is 2.46. The number of benzene rings is 1. The first-order chi connectivity index (χ1) is 10.0. The molecule has 0 saturated heterocycles. The molecule has 1 heterocycles. The second kappa shape index (κ2) is 6.30. The molecule has 0 N–H and O–H groups in total. The SMILES string of the molecule is COc1ccc(CN(C)C(=O)c2ccnc(F)c2)cc1F. The smallest absolute Gasteiger partial charge is 0.254 e. The normalized spacial score (nSPS) is 10.3. The van der Waals surface area contributed by atoms with Gasteiger partial charge in [-0.1, -0.05) is 6.07 Å². The van der Waals surface area contributed by atoms with Crippen molar-refractivity contribution in [3.63, 3.8) is 0 Å². The molecule has 2 rings (SSSR count). The number of carbonyl (C=O) groups is 1. The van der Waals surface area contributed by atoms with Gasteiger partial charge in [-0.3, -0.25) is 4.79 Å². The fourth-order valence-corrected chi connectivity index (χ4v) is 1.91. The van der Waals surface area contributed by atoms with Crippen molar-refractivity contribution in [3.8, 4) is 5.75 Å². The van der Waals surface area contributed by atoms with Gasteiger partial charge < -0.3 is 9.64 Å². The lowest BCUT2D eigenvalue weighted by molar-refractivity contribution is 0.0784. The summed E-state index contributed by atoms with van der Waals surface area (Å²) in [6, 6.07) is 6.95. The molecule has 0 radical (unpaired) electrons. The molecule has 6 heteroatoms. The summed E-state index contributed by atoms with van der Waals surface area (Å²) < 4.78 is 31.4. The van der Waals surface area contributed by atoms with Gasteiger partial charge in [0.2, 0.25) is 5.95 Å². The highest BCUT2D eigenvalue weighted by Gasteiger charge is 2.14. The van der Waals surface area contributed by atoms with Gasteiger partial charge in [-0.05, 0) is 23.8 Å². The maximum absolute atomic E-state index is 13.6. The third-order valence-electron chi connectivity index (χ3n) is 2.96. The van der Waals surface area contributed by atoms with Crippen LogP contribution < -0.4 is 4.74 Å². The topological polar surface area (TPSA) is 42.4 Å². The van der Waals surface area contributed by atoms with E-state index in [0.29, 0.717) is 5.56 Å². The molecular formula is C15H14F2N2O2. The van der Waals surface area contributed by atoms with Gasteiger partial charge in [-0.15, -0.1) is 0 Å². The van der Waals surface area contributed by atoms with Crippen LogP contribution in [0, 0.1) is 11.8 Å². The number of methoxy groups -OCH3 is 1. The van der Waals surface area contributed by atoms with Crippen molar-refractivity contribution in [2.24, 2.45) is 0 Å². The number of amides is 1. The van der Waals surface area contributed by atoms with Gasteiger partial charge >= 0.3 is 0 Å². The van der Waals surface area contributed by atoms with Crippen LogP contribution in [-0.2, 0) is 6.54 Å². The van der Waals surface area contributed by atoms with Crippen LogP contribution in [0.1, 0.15) is 15.9 Å². The number of hydrogen-bond acceptors (Lipinski definition) is 3. The number of carbonyl (C=O) groups excluding carboxylic acids is 1. The monoisotopic (exact) mass is 292 g/mol. The lowest BCUT2D eigenvalue weighted by atomic mass is 10.1. The second-order valence-electron chi connectivity index (χ2n) is 4.50. The molecule has 0 saturated carbocycles. The molecule has 0 atom stereocenters. The molecule has 1 amide bonds. The van der Waals surface area contributed by atoms with Gasteiger partial charge in [-0.2, -0.15) is 4.39 Å². The Labute approximate surface area is 121 Å². The molecule has 0 aliphatic rings. The molecule has 0 bridgehead atoms. The average molecular weight is 292 g/mol. The van der Waals surface area contributed by atoms with Crippen LogP contribution in [0.3, 0.4) is 0 Å². The summed E-state index contributed by atoms with van der Waals surface area (Å²) >= 11 is 0. The van der Waals surface area contributed by atoms with Gasteiger partial charge in [0.25, 0.3) is 5.91 Å². The van der Waals surface area contributed by atoms with Gasteiger partial charge in [0.1, 0.15) is 0 Å². The number of hydrogen-bond donors (Lipinski definition) is 0. The zero-order valence-corrected chi connectivity index (χ0v) is 11.6. The van der Waals surface area contributed by atoms with Crippen molar-refractivity contribution >= 4 is 5.91 Å². The highest BCUT2D eigenvalue weighted by atomic mass is 19.1. The van der Waals surface area contributed by atoms with Crippen molar-refractivity contribution in [3.05, 3.63) is 59.4 Å². The minimum Gasteiger partial charge on any atom is -0.494 e. The highest BCUT2D eigenvalue weighted by Crippen LogP contribution is 2.19. The standard InChI is InChI=1S/C15H14F2N2O2/c1-19(15(20)11-5-6-18-14(17)8-11)9-10-3-4-13(21-2)12(16)7-10/h3-8H,9H2,1-2H3. The Kier molecular flexibility index (Phi) is 4.47. The van der Waals surface area contributed by atoms with Crippen LogP contribution in [-0.4, -0.2) is 29.9 Å². The molecule has 21 heavy (non-hydrogen) atoms. The molecule has 0 fully saturated rings. The van der Waals surface area contributed by atoms with E-state index in [2.05, 4.69) is 4.98 Å². The summed E-state index contributed by atoms with van der Waals surface area (Å²) in [6.07, 6.45) is 1.23. The van der Waals surface area contributed by atoms with Crippen molar-refractivity contribution in [1.29, 1.82) is 0 Å². The fraction of sp³-hybridized carbons (Fsp3) is 0.200. The molecule has 1 aromatic heterocycles. The van der Waals surface area contributed by atoms with Crippen LogP contribution in [0.25, 0.3) is 0 Å². The van der Waals surface area contributed by atoms with Crippen molar-refractivity contribution in [1.82, 2.24) is 9.88 Å². The Morgan fingerprint density at radius 2 is 2.05 bits per heavy atom. The van der Waals surface area contributed by atoms with Crippen molar-refractivity contribution in [2.75, 3.05) is 14.2 Å². The summed E-state index contributed by atoms with van der Waals surface area (Å²) in [5.74, 6) is -1.44. The molecule has 0 spiro atoms. The largest absolute Gasteiger partial charge is 0.494 e. The van der Waals surface area contributed by atoms with E-state index in [1.165, 1.54) is 36.4 Å². The predicted octanol–water partition coefficient (Wildman–Crippen LogP) is 2.64. The number of nitrogens with zero attached hydrogens (tertiary/aromatic N) is 2. The summed E-state index contributed by atoms with van der Waals surface area (Å²) in [7, 11) is 2.94. The zero-order valence-electron chi connectivity index (χ0n) is 11.6. The van der Waals surface area contributed by atoms with Gasteiger partial charge in [-0.25, -0.2) is 9.37 Å². The van der Waals surface area contributed by atoms with E-state index in [1.54, 1.807) is 13.1 Å². The summed E-state index contributed by atoms with van der Waals surface area (Å²) in [5, 5.41) is 0. The Morgan fingerprint density at radius 1 is 1.29 bits per heavy atom. The van der Waals surface area contributed by atoms with E-state index in [-0.39, 0.29) is 23.8 Å². The number of pyridine rings is 1. The van der Waals surface area contributed by atoms with Crippen LogP contribution >= 0.6 is 0 Å². The number of rotatable bonds is 4. The maximum Gasteiger partial charge on any atom is 0.254 e. The van der Waals surface area contributed by atoms with Gasteiger partial charge in [0, 0.05) is 31.4 Å². The lowest BCUT2D eigenvalue weighted by Crippen LogP contribution is -2.26. The van der Waals surface area contributed by atoms with E-state index in [9.17, 15) is 13.6 Å². The zero-order chi connectivity index (χ0) is 15.4. The molecule has 0 aliphatic heterocycles. The molecule has 1 aromatic carbocycles. The first kappa shape index (κ1) is 14.9. The van der Waals surface area contributed by atoms with E-state index in [4.69, 9.17) is 4.74 Å². The number of ether oxygens (including phenoxy) is 1. The molecule has 2 aromatic rings. The van der Waals surface area contributed by atoms with E-state index >= 15 is 0 Å². The minimum absolute atomic E-state index is 0.143. The summed E-state index contributed by atoms with van der Waals surface area (Å²) in [5.41, 5.74) is 0.803. The Hall–Kier alpha value is -2.50. The van der Waals surface area contributed by atoms with Gasteiger partial charge in [0.15, 0.2) is 11.6 Å². The van der Waals surface area contributed by atoms with Crippen LogP contribution in [0.15, 0.2) is 36.5 Å². The second-order valence-corrected chi connectivity index (χ2v) is 4.50. The van der Waals surface area contributed by atoms with E-state index < -0.39 is 11.8 Å². The third-order valence-corrected chi connectivity index (χ3v) is 2.96.